The molecule has 5 rings (SSSR count). The number of ether oxygens (including phenoxy) is 1. The molecule has 36 heavy (non-hydrogen) atoms. The van der Waals surface area contributed by atoms with Gasteiger partial charge in [0.25, 0.3) is 0 Å². The summed E-state index contributed by atoms with van der Waals surface area (Å²) in [6.45, 7) is 2.63. The van der Waals surface area contributed by atoms with E-state index in [2.05, 4.69) is 25.5 Å². The van der Waals surface area contributed by atoms with E-state index in [4.69, 9.17) is 16.3 Å². The Morgan fingerprint density at radius 1 is 0.972 bits per heavy atom. The van der Waals surface area contributed by atoms with Crippen molar-refractivity contribution in [3.05, 3.63) is 88.8 Å². The van der Waals surface area contributed by atoms with Crippen molar-refractivity contribution < 1.29 is 18.7 Å². The van der Waals surface area contributed by atoms with Gasteiger partial charge in [0.15, 0.2) is 11.6 Å². The summed E-state index contributed by atoms with van der Waals surface area (Å²) in [4.78, 5) is 36.7. The summed E-state index contributed by atoms with van der Waals surface area (Å²) in [6, 6.07) is 14.9. The Morgan fingerprint density at radius 3 is 2.53 bits per heavy atom. The van der Waals surface area contributed by atoms with Crippen LogP contribution in [-0.4, -0.2) is 48.1 Å². The van der Waals surface area contributed by atoms with E-state index in [1.165, 1.54) is 18.2 Å². The normalized spacial score (nSPS) is 13.4. The fraction of sp³-hybridized carbons (Fsp3) is 0.154. The SMILES string of the molecule is O=C(Nc1ccc(Cl)cc1)Nc1cccc(C(=O)c2ccc3ncc(N4CCOCC4)nc3c2)c1F. The lowest BCUT2D eigenvalue weighted by atomic mass is 10.0. The Balaban J connectivity index is 1.37. The number of carbonyl (C=O) groups excluding carboxylic acids is 2. The Labute approximate surface area is 211 Å². The van der Waals surface area contributed by atoms with Gasteiger partial charge in [0.05, 0.1) is 41.7 Å². The topological polar surface area (TPSA) is 96.5 Å². The number of amides is 2. The lowest BCUT2D eigenvalue weighted by Crippen LogP contribution is -2.36. The van der Waals surface area contributed by atoms with Crippen LogP contribution < -0.4 is 15.5 Å². The molecule has 0 spiro atoms. The highest BCUT2D eigenvalue weighted by atomic mass is 35.5. The third kappa shape index (κ3) is 5.12. The minimum Gasteiger partial charge on any atom is -0.378 e. The summed E-state index contributed by atoms with van der Waals surface area (Å²) < 4.78 is 20.6. The summed E-state index contributed by atoms with van der Waals surface area (Å²) in [5.41, 5.74) is 1.61. The maximum absolute atomic E-state index is 15.3. The molecule has 1 aromatic heterocycles. The molecular formula is C26H21ClFN5O3. The average molecular weight is 506 g/mol. The van der Waals surface area contributed by atoms with Crippen molar-refractivity contribution in [2.75, 3.05) is 41.8 Å². The third-order valence-electron chi connectivity index (χ3n) is 5.72. The van der Waals surface area contributed by atoms with Crippen molar-refractivity contribution in [2.24, 2.45) is 0 Å². The smallest absolute Gasteiger partial charge is 0.323 e. The highest BCUT2D eigenvalue weighted by Gasteiger charge is 2.19. The number of benzene rings is 3. The lowest BCUT2D eigenvalue weighted by molar-refractivity contribution is 0.103. The molecule has 0 atom stereocenters. The zero-order valence-electron chi connectivity index (χ0n) is 19.0. The number of aromatic nitrogens is 2. The first-order valence-electron chi connectivity index (χ1n) is 11.2. The van der Waals surface area contributed by atoms with Gasteiger partial charge in [-0.3, -0.25) is 9.78 Å². The quantitative estimate of drug-likeness (QED) is 0.365. The number of halogens is 2. The van der Waals surface area contributed by atoms with Crippen molar-refractivity contribution >= 4 is 51.6 Å². The second kappa shape index (κ2) is 10.3. The summed E-state index contributed by atoms with van der Waals surface area (Å²) in [5.74, 6) is -0.670. The van der Waals surface area contributed by atoms with E-state index in [0.29, 0.717) is 53.9 Å². The van der Waals surface area contributed by atoms with Gasteiger partial charge in [-0.25, -0.2) is 14.2 Å². The van der Waals surface area contributed by atoms with Gasteiger partial charge in [0.1, 0.15) is 5.82 Å². The number of nitrogens with one attached hydrogen (secondary N) is 2. The number of ketones is 1. The first-order chi connectivity index (χ1) is 17.5. The number of carbonyl (C=O) groups is 2. The van der Waals surface area contributed by atoms with Gasteiger partial charge < -0.3 is 20.3 Å². The summed E-state index contributed by atoms with van der Waals surface area (Å²) in [6.07, 6.45) is 1.69. The minimum atomic E-state index is -0.831. The molecule has 4 aromatic rings. The summed E-state index contributed by atoms with van der Waals surface area (Å²) >= 11 is 5.85. The zero-order chi connectivity index (χ0) is 25.1. The van der Waals surface area contributed by atoms with Crippen LogP contribution in [0, 0.1) is 5.82 Å². The Hall–Kier alpha value is -4.08. The van der Waals surface area contributed by atoms with Gasteiger partial charge in [0.2, 0.25) is 0 Å². The number of hydrogen-bond donors (Lipinski definition) is 2. The van der Waals surface area contributed by atoms with E-state index in [1.807, 2.05) is 0 Å². The number of morpholine rings is 1. The summed E-state index contributed by atoms with van der Waals surface area (Å²) in [5, 5.41) is 5.56. The van der Waals surface area contributed by atoms with Crippen LogP contribution in [-0.2, 0) is 4.74 Å². The molecule has 1 saturated heterocycles. The molecule has 3 aromatic carbocycles. The van der Waals surface area contributed by atoms with Crippen molar-refractivity contribution in [3.63, 3.8) is 0 Å². The van der Waals surface area contributed by atoms with Gasteiger partial charge in [0, 0.05) is 29.4 Å². The van der Waals surface area contributed by atoms with Crippen molar-refractivity contribution in [1.29, 1.82) is 0 Å². The zero-order valence-corrected chi connectivity index (χ0v) is 19.8. The second-order valence-electron chi connectivity index (χ2n) is 8.11. The number of hydrogen-bond acceptors (Lipinski definition) is 6. The van der Waals surface area contributed by atoms with Crippen LogP contribution in [0.15, 0.2) is 66.9 Å². The van der Waals surface area contributed by atoms with Crippen LogP contribution in [0.5, 0.6) is 0 Å². The second-order valence-corrected chi connectivity index (χ2v) is 8.55. The van der Waals surface area contributed by atoms with Gasteiger partial charge in [-0.2, -0.15) is 0 Å². The molecule has 1 fully saturated rings. The molecular weight excluding hydrogens is 485 g/mol. The average Bonchev–Trinajstić information content (AvgIpc) is 2.90. The Morgan fingerprint density at radius 2 is 1.75 bits per heavy atom. The van der Waals surface area contributed by atoms with Gasteiger partial charge in [-0.05, 0) is 54.6 Å². The molecule has 0 aliphatic carbocycles. The van der Waals surface area contributed by atoms with Crippen LogP contribution in [0.3, 0.4) is 0 Å². The van der Waals surface area contributed by atoms with E-state index in [1.54, 1.807) is 48.7 Å². The number of urea groups is 1. The molecule has 1 aliphatic heterocycles. The number of nitrogens with zero attached hydrogens (tertiary/aromatic N) is 3. The lowest BCUT2D eigenvalue weighted by Gasteiger charge is -2.27. The maximum atomic E-state index is 15.3. The van der Waals surface area contributed by atoms with Gasteiger partial charge in [-0.15, -0.1) is 0 Å². The molecule has 8 nitrogen and oxygen atoms in total. The Bertz CT molecular complexity index is 1440. The van der Waals surface area contributed by atoms with Crippen LogP contribution >= 0.6 is 11.6 Å². The number of anilines is 3. The highest BCUT2D eigenvalue weighted by molar-refractivity contribution is 6.30. The molecule has 10 heteroatoms. The monoisotopic (exact) mass is 505 g/mol. The van der Waals surface area contributed by atoms with E-state index >= 15 is 4.39 Å². The highest BCUT2D eigenvalue weighted by Crippen LogP contribution is 2.24. The van der Waals surface area contributed by atoms with E-state index < -0.39 is 17.6 Å². The fourth-order valence-electron chi connectivity index (χ4n) is 3.87. The predicted octanol–water partition coefficient (Wildman–Crippen LogP) is 5.13. The molecule has 0 saturated carbocycles. The van der Waals surface area contributed by atoms with E-state index in [-0.39, 0.29) is 16.8 Å². The largest absolute Gasteiger partial charge is 0.378 e. The van der Waals surface area contributed by atoms with E-state index in [0.717, 1.165) is 0 Å². The standard InChI is InChI=1S/C26H21ClFN5O3/c27-17-5-7-18(8-6-17)30-26(35)32-21-3-1-2-19(24(21)28)25(34)16-4-9-20-22(14-16)31-23(15-29-20)33-10-12-36-13-11-33/h1-9,14-15H,10-13H2,(H2,30,32,35). The number of rotatable bonds is 5. The molecule has 2 N–H and O–H groups in total. The minimum absolute atomic E-state index is 0.123. The van der Waals surface area contributed by atoms with Crippen molar-refractivity contribution in [1.82, 2.24) is 9.97 Å². The molecule has 2 heterocycles. The van der Waals surface area contributed by atoms with Gasteiger partial charge >= 0.3 is 6.03 Å². The molecule has 1 aliphatic rings. The molecule has 0 bridgehead atoms. The van der Waals surface area contributed by atoms with Crippen LogP contribution in [0.25, 0.3) is 11.0 Å². The molecule has 0 radical (unpaired) electrons. The summed E-state index contributed by atoms with van der Waals surface area (Å²) in [7, 11) is 0. The fourth-order valence-corrected chi connectivity index (χ4v) is 3.99. The molecule has 182 valence electrons. The predicted molar refractivity (Wildman–Crippen MR) is 136 cm³/mol. The number of fused-ring (bicyclic) bond motifs is 1. The first kappa shape index (κ1) is 23.7. The van der Waals surface area contributed by atoms with Gasteiger partial charge in [-0.1, -0.05) is 17.7 Å². The van der Waals surface area contributed by atoms with Crippen molar-refractivity contribution in [3.8, 4) is 0 Å². The first-order valence-corrected chi connectivity index (χ1v) is 11.6. The maximum Gasteiger partial charge on any atom is 0.323 e. The van der Waals surface area contributed by atoms with Crippen LogP contribution in [0.4, 0.5) is 26.4 Å². The molecule has 0 unspecified atom stereocenters. The van der Waals surface area contributed by atoms with E-state index in [9.17, 15) is 9.59 Å². The Kier molecular flexibility index (Phi) is 6.75. The molecule has 2 amide bonds. The third-order valence-corrected chi connectivity index (χ3v) is 5.97. The van der Waals surface area contributed by atoms with Crippen LogP contribution in [0.2, 0.25) is 5.02 Å². The van der Waals surface area contributed by atoms with Crippen LogP contribution in [0.1, 0.15) is 15.9 Å². The van der Waals surface area contributed by atoms with Crippen molar-refractivity contribution in [2.45, 2.75) is 0 Å².